The van der Waals surface area contributed by atoms with Crippen LogP contribution >= 0.6 is 11.6 Å². The second-order valence-corrected chi connectivity index (χ2v) is 5.62. The van der Waals surface area contributed by atoms with Crippen LogP contribution in [0.15, 0.2) is 59.4 Å². The van der Waals surface area contributed by atoms with Gasteiger partial charge in [-0.15, -0.1) is 0 Å². The van der Waals surface area contributed by atoms with Crippen molar-refractivity contribution >= 4 is 23.2 Å². The zero-order valence-electron chi connectivity index (χ0n) is 12.7. The van der Waals surface area contributed by atoms with E-state index in [4.69, 9.17) is 17.3 Å². The molecule has 0 aliphatic heterocycles. The van der Waals surface area contributed by atoms with Crippen LogP contribution in [-0.4, -0.2) is 10.4 Å². The van der Waals surface area contributed by atoms with Gasteiger partial charge < -0.3 is 5.73 Å². The number of aromatic nitrogens is 1. The van der Waals surface area contributed by atoms with E-state index < -0.39 is 23.0 Å². The molecule has 3 rings (SSSR count). The molecule has 0 aliphatic carbocycles. The van der Waals surface area contributed by atoms with Crippen molar-refractivity contribution in [2.24, 2.45) is 0 Å². The standard InChI is InChI=1S/C18H11ClF2N2O2/c19-13-2-1-3-14(16(13)21)23-15(24)9-8-12(18(23)22)17(25)10-4-6-11(20)7-5-10/h1-9H,22H2. The molecule has 0 atom stereocenters. The van der Waals surface area contributed by atoms with E-state index >= 15 is 0 Å². The summed E-state index contributed by atoms with van der Waals surface area (Å²) in [5.41, 5.74) is 5.36. The highest BCUT2D eigenvalue weighted by atomic mass is 35.5. The van der Waals surface area contributed by atoms with Gasteiger partial charge in [-0.1, -0.05) is 17.7 Å². The molecule has 4 nitrogen and oxygen atoms in total. The lowest BCUT2D eigenvalue weighted by Crippen LogP contribution is -2.24. The molecule has 2 aromatic carbocycles. The molecule has 7 heteroatoms. The minimum atomic E-state index is -0.829. The third-order valence-electron chi connectivity index (χ3n) is 3.65. The van der Waals surface area contributed by atoms with Gasteiger partial charge in [0.05, 0.1) is 16.3 Å². The molecule has 0 amide bonds. The number of rotatable bonds is 3. The van der Waals surface area contributed by atoms with Crippen molar-refractivity contribution in [3.63, 3.8) is 0 Å². The monoisotopic (exact) mass is 360 g/mol. The minimum Gasteiger partial charge on any atom is -0.384 e. The van der Waals surface area contributed by atoms with Gasteiger partial charge >= 0.3 is 0 Å². The highest BCUT2D eigenvalue weighted by Gasteiger charge is 2.19. The summed E-state index contributed by atoms with van der Waals surface area (Å²) in [6.45, 7) is 0. The molecule has 0 saturated heterocycles. The summed E-state index contributed by atoms with van der Waals surface area (Å²) in [5, 5.41) is -0.181. The lowest BCUT2D eigenvalue weighted by molar-refractivity contribution is 0.103. The van der Waals surface area contributed by atoms with Crippen LogP contribution in [0, 0.1) is 11.6 Å². The van der Waals surface area contributed by atoms with E-state index in [2.05, 4.69) is 0 Å². The Balaban J connectivity index is 2.18. The van der Waals surface area contributed by atoms with Crippen LogP contribution in [0.5, 0.6) is 0 Å². The Morgan fingerprint density at radius 3 is 2.36 bits per heavy atom. The summed E-state index contributed by atoms with van der Waals surface area (Å²) >= 11 is 5.75. The van der Waals surface area contributed by atoms with Gasteiger partial charge in [-0.25, -0.2) is 8.78 Å². The largest absolute Gasteiger partial charge is 0.384 e. The number of pyridine rings is 1. The molecule has 25 heavy (non-hydrogen) atoms. The molecule has 3 aromatic rings. The number of hydrogen-bond acceptors (Lipinski definition) is 3. The topological polar surface area (TPSA) is 65.1 Å². The normalized spacial score (nSPS) is 10.7. The minimum absolute atomic E-state index is 0.00872. The molecule has 0 radical (unpaired) electrons. The highest BCUT2D eigenvalue weighted by molar-refractivity contribution is 6.30. The van der Waals surface area contributed by atoms with E-state index in [9.17, 15) is 18.4 Å². The maximum atomic E-state index is 14.3. The average Bonchev–Trinajstić information content (AvgIpc) is 2.59. The Hall–Kier alpha value is -2.99. The number of carbonyl (C=O) groups excluding carboxylic acids is 1. The smallest absolute Gasteiger partial charge is 0.256 e. The zero-order valence-corrected chi connectivity index (χ0v) is 13.4. The molecule has 0 aliphatic rings. The number of ketones is 1. The maximum absolute atomic E-state index is 14.3. The fourth-order valence-electron chi connectivity index (χ4n) is 2.42. The first-order chi connectivity index (χ1) is 11.9. The van der Waals surface area contributed by atoms with Crippen molar-refractivity contribution in [1.82, 2.24) is 4.57 Å². The van der Waals surface area contributed by atoms with Crippen LogP contribution in [0.2, 0.25) is 5.02 Å². The van der Waals surface area contributed by atoms with E-state index in [0.717, 1.165) is 22.8 Å². The van der Waals surface area contributed by atoms with Crippen LogP contribution in [0.3, 0.4) is 0 Å². The lowest BCUT2D eigenvalue weighted by Gasteiger charge is -2.14. The van der Waals surface area contributed by atoms with Crippen LogP contribution < -0.4 is 11.3 Å². The fourth-order valence-corrected chi connectivity index (χ4v) is 2.59. The molecule has 2 N–H and O–H groups in total. The molecule has 0 fully saturated rings. The predicted molar refractivity (Wildman–Crippen MR) is 91.3 cm³/mol. The van der Waals surface area contributed by atoms with Crippen molar-refractivity contribution in [3.05, 3.63) is 92.7 Å². The molecule has 0 spiro atoms. The van der Waals surface area contributed by atoms with Crippen LogP contribution in [0.1, 0.15) is 15.9 Å². The van der Waals surface area contributed by atoms with Crippen molar-refractivity contribution in [3.8, 4) is 5.69 Å². The van der Waals surface area contributed by atoms with Crippen molar-refractivity contribution < 1.29 is 13.6 Å². The second kappa shape index (κ2) is 6.49. The Kier molecular flexibility index (Phi) is 4.37. The van der Waals surface area contributed by atoms with E-state index in [1.54, 1.807) is 0 Å². The molecule has 1 aromatic heterocycles. The zero-order chi connectivity index (χ0) is 18.1. The van der Waals surface area contributed by atoms with Crippen LogP contribution in [0.4, 0.5) is 14.6 Å². The van der Waals surface area contributed by atoms with Crippen LogP contribution in [-0.2, 0) is 0 Å². The summed E-state index contributed by atoms with van der Waals surface area (Å²) in [7, 11) is 0. The number of halogens is 3. The first-order valence-corrected chi connectivity index (χ1v) is 7.54. The summed E-state index contributed by atoms with van der Waals surface area (Å²) in [6.07, 6.45) is 0. The van der Waals surface area contributed by atoms with Crippen molar-refractivity contribution in [2.75, 3.05) is 5.73 Å². The van der Waals surface area contributed by atoms with Gasteiger partial charge in [-0.3, -0.25) is 14.2 Å². The Labute approximate surface area is 146 Å². The maximum Gasteiger partial charge on any atom is 0.256 e. The molecule has 0 unspecified atom stereocenters. The molecule has 0 saturated carbocycles. The number of nitrogen functional groups attached to an aromatic ring is 1. The highest BCUT2D eigenvalue weighted by Crippen LogP contribution is 2.24. The first-order valence-electron chi connectivity index (χ1n) is 7.16. The quantitative estimate of drug-likeness (QED) is 0.726. The number of hydrogen-bond donors (Lipinski definition) is 1. The summed E-state index contributed by atoms with van der Waals surface area (Å²) in [4.78, 5) is 24.8. The molecular weight excluding hydrogens is 350 g/mol. The summed E-state index contributed by atoms with van der Waals surface area (Å²) in [6, 6.07) is 11.3. The van der Waals surface area contributed by atoms with E-state index in [1.807, 2.05) is 0 Å². The molecular formula is C18H11ClF2N2O2. The average molecular weight is 361 g/mol. The predicted octanol–water partition coefficient (Wildman–Crippen LogP) is 3.58. The number of nitrogens with zero attached hydrogens (tertiary/aromatic N) is 1. The van der Waals surface area contributed by atoms with Gasteiger partial charge in [-0.05, 0) is 42.5 Å². The van der Waals surface area contributed by atoms with E-state index in [-0.39, 0.29) is 27.7 Å². The third-order valence-corrected chi connectivity index (χ3v) is 3.94. The van der Waals surface area contributed by atoms with Crippen molar-refractivity contribution in [1.29, 1.82) is 0 Å². The molecule has 0 bridgehead atoms. The number of nitrogens with two attached hydrogens (primary N) is 1. The Bertz CT molecular complexity index is 1030. The third kappa shape index (κ3) is 3.04. The van der Waals surface area contributed by atoms with Gasteiger partial charge in [0.2, 0.25) is 0 Å². The van der Waals surface area contributed by atoms with Gasteiger partial charge in [0, 0.05) is 11.6 Å². The van der Waals surface area contributed by atoms with E-state index in [1.165, 1.54) is 36.4 Å². The molecule has 126 valence electrons. The lowest BCUT2D eigenvalue weighted by atomic mass is 10.0. The SMILES string of the molecule is Nc1c(C(=O)c2ccc(F)cc2)ccc(=O)n1-c1cccc(Cl)c1F. The summed E-state index contributed by atoms with van der Waals surface area (Å²) < 4.78 is 28.2. The second-order valence-electron chi connectivity index (χ2n) is 5.21. The fraction of sp³-hybridized carbons (Fsp3) is 0. The number of anilines is 1. The first kappa shape index (κ1) is 16.9. The number of benzene rings is 2. The number of carbonyl (C=O) groups is 1. The summed E-state index contributed by atoms with van der Waals surface area (Å²) in [5.74, 6) is -2.07. The van der Waals surface area contributed by atoms with Gasteiger partial charge in [0.15, 0.2) is 11.6 Å². The van der Waals surface area contributed by atoms with Gasteiger partial charge in [0.1, 0.15) is 11.6 Å². The van der Waals surface area contributed by atoms with Gasteiger partial charge in [0.25, 0.3) is 5.56 Å². The molecule has 1 heterocycles. The van der Waals surface area contributed by atoms with Crippen LogP contribution in [0.25, 0.3) is 5.69 Å². The van der Waals surface area contributed by atoms with Gasteiger partial charge in [-0.2, -0.15) is 0 Å². The van der Waals surface area contributed by atoms with E-state index in [0.29, 0.717) is 0 Å². The Morgan fingerprint density at radius 1 is 1.00 bits per heavy atom. The Morgan fingerprint density at radius 2 is 1.68 bits per heavy atom. The van der Waals surface area contributed by atoms with Crippen molar-refractivity contribution in [2.45, 2.75) is 0 Å².